The Morgan fingerprint density at radius 2 is 2.00 bits per heavy atom. The Morgan fingerprint density at radius 3 is 2.50 bits per heavy atom. The number of aliphatic hydroxyl groups excluding tert-OH is 1. The molecule has 1 rings (SSSR count). The maximum atomic E-state index is 9.02. The number of likely N-dealkylation sites (N-methyl/N-ethyl adjacent to an activating group) is 1. The highest BCUT2D eigenvalue weighted by Gasteiger charge is 2.13. The highest BCUT2D eigenvalue weighted by Crippen LogP contribution is 2.22. The second-order valence-electron chi connectivity index (χ2n) is 3.62. The van der Waals surface area contributed by atoms with Gasteiger partial charge in [-0.1, -0.05) is 0 Å². The molecule has 2 N–H and O–H groups in total. The van der Waals surface area contributed by atoms with Crippen LogP contribution < -0.4 is 10.2 Å². The molecule has 0 saturated carbocycles. The van der Waals surface area contributed by atoms with Gasteiger partial charge in [0.2, 0.25) is 0 Å². The lowest BCUT2D eigenvalue weighted by molar-refractivity contribution is 0.302. The van der Waals surface area contributed by atoms with E-state index in [-0.39, 0.29) is 6.61 Å². The van der Waals surface area contributed by atoms with Crippen LogP contribution in [-0.2, 0) is 0 Å². The van der Waals surface area contributed by atoms with Crippen LogP contribution in [0.25, 0.3) is 0 Å². The van der Waals surface area contributed by atoms with E-state index in [4.69, 9.17) is 5.11 Å². The molecule has 0 saturated heterocycles. The van der Waals surface area contributed by atoms with Crippen LogP contribution in [0.1, 0.15) is 18.3 Å². The number of hydrogen-bond donors (Lipinski definition) is 2. The van der Waals surface area contributed by atoms with E-state index in [1.54, 1.807) is 0 Å². The lowest BCUT2D eigenvalue weighted by Gasteiger charge is -2.23. The molecule has 0 amide bonds. The largest absolute Gasteiger partial charge is 0.395 e. The molecule has 1 heterocycles. The molecule has 0 spiro atoms. The van der Waals surface area contributed by atoms with Crippen molar-refractivity contribution in [2.24, 2.45) is 0 Å². The van der Waals surface area contributed by atoms with Crippen LogP contribution in [0.3, 0.4) is 0 Å². The third kappa shape index (κ3) is 2.61. The molecule has 0 aliphatic heterocycles. The van der Waals surface area contributed by atoms with Gasteiger partial charge in [0.05, 0.1) is 6.61 Å². The van der Waals surface area contributed by atoms with Crippen molar-refractivity contribution in [2.45, 2.75) is 20.8 Å². The van der Waals surface area contributed by atoms with E-state index in [1.165, 1.54) is 0 Å². The van der Waals surface area contributed by atoms with Crippen LogP contribution in [0.4, 0.5) is 11.6 Å². The summed E-state index contributed by atoms with van der Waals surface area (Å²) in [5.74, 6) is 2.48. The van der Waals surface area contributed by atoms with E-state index >= 15 is 0 Å². The predicted molar refractivity (Wildman–Crippen MR) is 66.0 cm³/mol. The topological polar surface area (TPSA) is 61.3 Å². The fraction of sp³-hybridized carbons (Fsp3) is 0.636. The summed E-state index contributed by atoms with van der Waals surface area (Å²) in [6.07, 6.45) is 0. The Labute approximate surface area is 96.5 Å². The van der Waals surface area contributed by atoms with Crippen molar-refractivity contribution in [1.29, 1.82) is 0 Å². The molecule has 0 aliphatic carbocycles. The van der Waals surface area contributed by atoms with Crippen molar-refractivity contribution >= 4 is 11.6 Å². The number of hydrogen-bond acceptors (Lipinski definition) is 5. The predicted octanol–water partition coefficient (Wildman–Crippen LogP) is 0.954. The number of aromatic nitrogens is 2. The summed E-state index contributed by atoms with van der Waals surface area (Å²) in [5.41, 5.74) is 1.02. The molecule has 0 aliphatic rings. The van der Waals surface area contributed by atoms with Crippen LogP contribution >= 0.6 is 0 Å². The van der Waals surface area contributed by atoms with Gasteiger partial charge in [-0.15, -0.1) is 0 Å². The van der Waals surface area contributed by atoms with Gasteiger partial charge in [-0.05, 0) is 20.8 Å². The second-order valence-corrected chi connectivity index (χ2v) is 3.62. The molecule has 0 unspecified atom stereocenters. The lowest BCUT2D eigenvalue weighted by Crippen LogP contribution is -2.28. The standard InChI is InChI=1S/C11H20N4O/c1-5-15(6-7-16)11-8(2)10(12-4)13-9(3)14-11/h16H,5-7H2,1-4H3,(H,12,13,14). The number of anilines is 2. The van der Waals surface area contributed by atoms with Crippen molar-refractivity contribution in [2.75, 3.05) is 37.0 Å². The summed E-state index contributed by atoms with van der Waals surface area (Å²) < 4.78 is 0. The van der Waals surface area contributed by atoms with E-state index in [1.807, 2.05) is 32.7 Å². The quantitative estimate of drug-likeness (QED) is 0.780. The summed E-state index contributed by atoms with van der Waals surface area (Å²) in [6.45, 7) is 7.45. The van der Waals surface area contributed by atoms with Gasteiger partial charge in [-0.3, -0.25) is 0 Å². The molecule has 0 atom stereocenters. The molecule has 0 bridgehead atoms. The Kier molecular flexibility index (Phi) is 4.49. The summed E-state index contributed by atoms with van der Waals surface area (Å²) in [4.78, 5) is 10.8. The molecule has 1 aromatic heterocycles. The van der Waals surface area contributed by atoms with Gasteiger partial charge in [0.15, 0.2) is 0 Å². The first kappa shape index (κ1) is 12.7. The first-order chi connectivity index (χ1) is 7.63. The van der Waals surface area contributed by atoms with E-state index < -0.39 is 0 Å². The van der Waals surface area contributed by atoms with Crippen molar-refractivity contribution in [1.82, 2.24) is 9.97 Å². The monoisotopic (exact) mass is 224 g/mol. The van der Waals surface area contributed by atoms with Gasteiger partial charge in [0.25, 0.3) is 0 Å². The Bertz CT molecular complexity index is 354. The Morgan fingerprint density at radius 1 is 1.31 bits per heavy atom. The third-order valence-corrected chi connectivity index (χ3v) is 2.52. The molecule has 90 valence electrons. The minimum atomic E-state index is 0.130. The molecule has 0 radical (unpaired) electrons. The number of rotatable bonds is 5. The summed E-state index contributed by atoms with van der Waals surface area (Å²) in [7, 11) is 1.85. The van der Waals surface area contributed by atoms with Crippen molar-refractivity contribution < 1.29 is 5.11 Å². The molecule has 5 heteroatoms. The number of nitrogens with zero attached hydrogens (tertiary/aromatic N) is 3. The highest BCUT2D eigenvalue weighted by atomic mass is 16.3. The van der Waals surface area contributed by atoms with Gasteiger partial charge in [-0.2, -0.15) is 0 Å². The first-order valence-electron chi connectivity index (χ1n) is 5.52. The number of aliphatic hydroxyl groups is 1. The van der Waals surface area contributed by atoms with Crippen LogP contribution in [0.2, 0.25) is 0 Å². The Balaban J connectivity index is 3.14. The minimum Gasteiger partial charge on any atom is -0.395 e. The number of nitrogens with one attached hydrogen (secondary N) is 1. The van der Waals surface area contributed by atoms with Crippen molar-refractivity contribution in [3.05, 3.63) is 11.4 Å². The maximum Gasteiger partial charge on any atom is 0.137 e. The van der Waals surface area contributed by atoms with Gasteiger partial charge in [0.1, 0.15) is 17.5 Å². The zero-order valence-corrected chi connectivity index (χ0v) is 10.4. The summed E-state index contributed by atoms with van der Waals surface area (Å²) in [6, 6.07) is 0. The third-order valence-electron chi connectivity index (χ3n) is 2.52. The highest BCUT2D eigenvalue weighted by molar-refractivity contribution is 5.58. The van der Waals surface area contributed by atoms with E-state index in [9.17, 15) is 0 Å². The van der Waals surface area contributed by atoms with E-state index in [0.717, 1.165) is 29.6 Å². The van der Waals surface area contributed by atoms with Gasteiger partial charge < -0.3 is 15.3 Å². The van der Waals surface area contributed by atoms with Crippen LogP contribution in [0.5, 0.6) is 0 Å². The molecule has 5 nitrogen and oxygen atoms in total. The molecule has 0 fully saturated rings. The molecule has 16 heavy (non-hydrogen) atoms. The fourth-order valence-corrected chi connectivity index (χ4v) is 1.70. The van der Waals surface area contributed by atoms with Crippen molar-refractivity contribution in [3.8, 4) is 0 Å². The van der Waals surface area contributed by atoms with Crippen LogP contribution in [-0.4, -0.2) is 41.8 Å². The Hall–Kier alpha value is -1.36. The molecular formula is C11H20N4O. The SMILES string of the molecule is CCN(CCO)c1nc(C)nc(NC)c1C. The van der Waals surface area contributed by atoms with Crippen LogP contribution in [0.15, 0.2) is 0 Å². The first-order valence-corrected chi connectivity index (χ1v) is 5.52. The molecular weight excluding hydrogens is 204 g/mol. The fourth-order valence-electron chi connectivity index (χ4n) is 1.70. The van der Waals surface area contributed by atoms with Gasteiger partial charge in [0, 0.05) is 25.7 Å². The second kappa shape index (κ2) is 5.65. The normalized spacial score (nSPS) is 10.3. The van der Waals surface area contributed by atoms with E-state index in [0.29, 0.717) is 6.54 Å². The summed E-state index contributed by atoms with van der Waals surface area (Å²) in [5, 5.41) is 12.1. The number of aryl methyl sites for hydroxylation is 1. The smallest absolute Gasteiger partial charge is 0.137 e. The zero-order chi connectivity index (χ0) is 12.1. The average Bonchev–Trinajstić information content (AvgIpc) is 2.28. The molecule has 0 aromatic carbocycles. The van der Waals surface area contributed by atoms with Crippen molar-refractivity contribution in [3.63, 3.8) is 0 Å². The zero-order valence-electron chi connectivity index (χ0n) is 10.4. The maximum absolute atomic E-state index is 9.02. The molecule has 1 aromatic rings. The average molecular weight is 224 g/mol. The van der Waals surface area contributed by atoms with Gasteiger partial charge in [-0.25, -0.2) is 9.97 Å². The van der Waals surface area contributed by atoms with Crippen LogP contribution in [0, 0.1) is 13.8 Å². The van der Waals surface area contributed by atoms with E-state index in [2.05, 4.69) is 15.3 Å². The lowest BCUT2D eigenvalue weighted by atomic mass is 10.2. The summed E-state index contributed by atoms with van der Waals surface area (Å²) >= 11 is 0. The van der Waals surface area contributed by atoms with Gasteiger partial charge >= 0.3 is 0 Å². The minimum absolute atomic E-state index is 0.130.